The fourth-order valence-corrected chi connectivity index (χ4v) is 4.70. The number of rotatable bonds is 4. The van der Waals surface area contributed by atoms with Crippen LogP contribution in [0.15, 0.2) is 72.8 Å². The molecule has 0 unspecified atom stereocenters. The van der Waals surface area contributed by atoms with Gasteiger partial charge in [-0.15, -0.1) is 0 Å². The van der Waals surface area contributed by atoms with E-state index in [1.165, 1.54) is 11.1 Å². The minimum Gasteiger partial charge on any atom is -0.497 e. The van der Waals surface area contributed by atoms with Crippen LogP contribution in [0.2, 0.25) is 0 Å². The van der Waals surface area contributed by atoms with E-state index in [0.29, 0.717) is 24.5 Å². The largest absolute Gasteiger partial charge is 0.497 e. The molecule has 31 heavy (non-hydrogen) atoms. The van der Waals surface area contributed by atoms with Gasteiger partial charge in [-0.2, -0.15) is 0 Å². The van der Waals surface area contributed by atoms with Crippen molar-refractivity contribution in [3.8, 4) is 16.9 Å². The van der Waals surface area contributed by atoms with Crippen LogP contribution in [-0.2, 0) is 30.2 Å². The fraction of sp³-hybridized carbons (Fsp3) is 0.269. The third-order valence-electron chi connectivity index (χ3n) is 6.23. The molecule has 0 saturated carbocycles. The van der Waals surface area contributed by atoms with E-state index >= 15 is 0 Å². The summed E-state index contributed by atoms with van der Waals surface area (Å²) in [6.07, 6.45) is 0. The Balaban J connectivity index is 1.57. The normalized spacial score (nSPS) is 17.6. The summed E-state index contributed by atoms with van der Waals surface area (Å²) in [5.41, 5.74) is 4.78. The Morgan fingerprint density at radius 1 is 0.871 bits per heavy atom. The van der Waals surface area contributed by atoms with E-state index in [9.17, 15) is 4.79 Å². The first-order chi connectivity index (χ1) is 15.1. The second kappa shape index (κ2) is 7.52. The number of carbonyl (C=O) groups is 1. The molecule has 1 spiro atoms. The summed E-state index contributed by atoms with van der Waals surface area (Å²) in [5, 5.41) is 0. The lowest BCUT2D eigenvalue weighted by Crippen LogP contribution is -2.54. The third kappa shape index (κ3) is 2.88. The van der Waals surface area contributed by atoms with Gasteiger partial charge >= 0.3 is 5.97 Å². The van der Waals surface area contributed by atoms with Crippen LogP contribution >= 0.6 is 0 Å². The van der Waals surface area contributed by atoms with Gasteiger partial charge in [0, 0.05) is 5.56 Å². The molecule has 1 aliphatic heterocycles. The van der Waals surface area contributed by atoms with Crippen molar-refractivity contribution < 1.29 is 23.7 Å². The van der Waals surface area contributed by atoms with Gasteiger partial charge in [0.1, 0.15) is 5.75 Å². The van der Waals surface area contributed by atoms with Crippen molar-refractivity contribution in [1.29, 1.82) is 0 Å². The molecule has 3 aromatic carbocycles. The predicted molar refractivity (Wildman–Crippen MR) is 116 cm³/mol. The molecule has 2 aliphatic rings. The van der Waals surface area contributed by atoms with Crippen molar-refractivity contribution in [3.63, 3.8) is 0 Å². The lowest BCUT2D eigenvalue weighted by Gasteiger charge is -2.44. The molecule has 1 heterocycles. The molecule has 1 fully saturated rings. The van der Waals surface area contributed by atoms with Gasteiger partial charge in [-0.25, -0.2) is 4.79 Å². The predicted octanol–water partition coefficient (Wildman–Crippen LogP) is 4.42. The zero-order chi connectivity index (χ0) is 21.5. The molecule has 1 aliphatic carbocycles. The Morgan fingerprint density at radius 2 is 1.42 bits per heavy atom. The summed E-state index contributed by atoms with van der Waals surface area (Å²) >= 11 is 0. The number of hydrogen-bond donors (Lipinski definition) is 0. The van der Waals surface area contributed by atoms with Gasteiger partial charge in [-0.3, -0.25) is 0 Å². The first kappa shape index (κ1) is 19.8. The second-order valence-electron chi connectivity index (χ2n) is 7.82. The van der Waals surface area contributed by atoms with Gasteiger partial charge in [-0.05, 0) is 53.4 Å². The molecule has 0 amide bonds. The van der Waals surface area contributed by atoms with Gasteiger partial charge < -0.3 is 18.9 Å². The Bertz CT molecular complexity index is 1060. The van der Waals surface area contributed by atoms with Crippen LogP contribution in [0.3, 0.4) is 0 Å². The van der Waals surface area contributed by atoms with Crippen LogP contribution in [0.5, 0.6) is 5.75 Å². The zero-order valence-electron chi connectivity index (χ0n) is 17.6. The highest BCUT2D eigenvalue weighted by Crippen LogP contribution is 2.52. The lowest BCUT2D eigenvalue weighted by molar-refractivity contribution is -0.290. The van der Waals surface area contributed by atoms with Crippen molar-refractivity contribution in [2.75, 3.05) is 26.9 Å². The van der Waals surface area contributed by atoms with Gasteiger partial charge in [-0.1, -0.05) is 48.5 Å². The summed E-state index contributed by atoms with van der Waals surface area (Å²) in [6.45, 7) is 2.60. The number of hydrogen-bond acceptors (Lipinski definition) is 5. The van der Waals surface area contributed by atoms with E-state index in [-0.39, 0.29) is 6.61 Å². The van der Waals surface area contributed by atoms with Gasteiger partial charge in [0.15, 0.2) is 0 Å². The maximum atomic E-state index is 13.1. The van der Waals surface area contributed by atoms with E-state index in [1.54, 1.807) is 38.3 Å². The van der Waals surface area contributed by atoms with Crippen molar-refractivity contribution in [2.24, 2.45) is 0 Å². The number of ether oxygens (including phenoxy) is 4. The van der Waals surface area contributed by atoms with E-state index in [0.717, 1.165) is 11.1 Å². The van der Waals surface area contributed by atoms with Crippen LogP contribution in [0.1, 0.15) is 23.6 Å². The van der Waals surface area contributed by atoms with E-state index in [4.69, 9.17) is 18.9 Å². The van der Waals surface area contributed by atoms with E-state index in [2.05, 4.69) is 24.3 Å². The molecule has 3 aromatic rings. The third-order valence-corrected chi connectivity index (χ3v) is 6.23. The minimum absolute atomic E-state index is 0.236. The van der Waals surface area contributed by atoms with Crippen molar-refractivity contribution in [3.05, 3.63) is 89.5 Å². The first-order valence-electron chi connectivity index (χ1n) is 10.4. The second-order valence-corrected chi connectivity index (χ2v) is 7.82. The molecule has 5 heteroatoms. The average molecular weight is 416 g/mol. The standard InChI is InChI=1S/C26H24O5/c1-3-29-24(27)26(18-12-14-19(28-2)15-13-18)30-16-25(17-31-26)22-10-6-4-8-20(22)21-9-5-7-11-23(21)25/h4-15H,3,16-17H2,1-2H3. The van der Waals surface area contributed by atoms with Crippen LogP contribution in [-0.4, -0.2) is 32.9 Å². The topological polar surface area (TPSA) is 54.0 Å². The number of benzene rings is 3. The molecular weight excluding hydrogens is 392 g/mol. The highest BCUT2D eigenvalue weighted by Gasteiger charge is 2.55. The molecule has 0 N–H and O–H groups in total. The molecule has 5 rings (SSSR count). The Hall–Kier alpha value is -3.15. The lowest BCUT2D eigenvalue weighted by atomic mass is 9.78. The minimum atomic E-state index is -1.61. The van der Waals surface area contributed by atoms with Crippen LogP contribution in [0, 0.1) is 0 Å². The molecule has 0 atom stereocenters. The van der Waals surface area contributed by atoms with Crippen molar-refractivity contribution >= 4 is 5.97 Å². The van der Waals surface area contributed by atoms with Crippen LogP contribution in [0.25, 0.3) is 11.1 Å². The summed E-state index contributed by atoms with van der Waals surface area (Å²) in [6, 6.07) is 23.8. The average Bonchev–Trinajstić information content (AvgIpc) is 3.10. The number of methoxy groups -OCH3 is 1. The van der Waals surface area contributed by atoms with Gasteiger partial charge in [0.2, 0.25) is 0 Å². The summed E-state index contributed by atoms with van der Waals surface area (Å²) in [7, 11) is 1.60. The maximum absolute atomic E-state index is 13.1. The monoisotopic (exact) mass is 416 g/mol. The maximum Gasteiger partial charge on any atom is 0.372 e. The number of esters is 1. The smallest absolute Gasteiger partial charge is 0.372 e. The quantitative estimate of drug-likeness (QED) is 0.589. The van der Waals surface area contributed by atoms with Gasteiger partial charge in [0.25, 0.3) is 5.79 Å². The number of carbonyl (C=O) groups excluding carboxylic acids is 1. The van der Waals surface area contributed by atoms with Crippen LogP contribution < -0.4 is 4.74 Å². The fourth-order valence-electron chi connectivity index (χ4n) is 4.70. The molecule has 0 aromatic heterocycles. The van der Waals surface area contributed by atoms with Crippen molar-refractivity contribution in [2.45, 2.75) is 18.1 Å². The summed E-state index contributed by atoms with van der Waals surface area (Å²) in [5.74, 6) is -1.47. The highest BCUT2D eigenvalue weighted by atomic mass is 16.7. The molecule has 1 saturated heterocycles. The van der Waals surface area contributed by atoms with Crippen LogP contribution in [0.4, 0.5) is 0 Å². The molecule has 5 nitrogen and oxygen atoms in total. The Labute approximate surface area is 181 Å². The molecule has 0 radical (unpaired) electrons. The van der Waals surface area contributed by atoms with Gasteiger partial charge in [0.05, 0.1) is 32.3 Å². The summed E-state index contributed by atoms with van der Waals surface area (Å²) < 4.78 is 23.3. The highest BCUT2D eigenvalue weighted by molar-refractivity contribution is 5.83. The van der Waals surface area contributed by atoms with E-state index in [1.807, 2.05) is 24.3 Å². The molecular formula is C26H24O5. The molecule has 158 valence electrons. The van der Waals surface area contributed by atoms with Crippen molar-refractivity contribution in [1.82, 2.24) is 0 Å². The zero-order valence-corrected chi connectivity index (χ0v) is 17.6. The number of fused-ring (bicyclic) bond motifs is 5. The Morgan fingerprint density at radius 3 is 1.94 bits per heavy atom. The first-order valence-corrected chi connectivity index (χ1v) is 10.4. The molecule has 0 bridgehead atoms. The Kier molecular flexibility index (Phi) is 4.80. The summed E-state index contributed by atoms with van der Waals surface area (Å²) in [4.78, 5) is 13.1. The SMILES string of the molecule is CCOC(=O)C1(c2ccc(OC)cc2)OCC2(CO1)c1ccccc1-c1ccccc12. The van der Waals surface area contributed by atoms with E-state index < -0.39 is 17.2 Å².